The van der Waals surface area contributed by atoms with E-state index in [0.29, 0.717) is 23.0 Å². The molecule has 8 heteroatoms. The van der Waals surface area contributed by atoms with Gasteiger partial charge in [0.05, 0.1) is 31.5 Å². The number of carbonyl (C=O) groups is 1. The molecule has 2 aromatic carbocycles. The van der Waals surface area contributed by atoms with E-state index in [4.69, 9.17) is 21.1 Å². The number of nitrogens with one attached hydrogen (secondary N) is 1. The van der Waals surface area contributed by atoms with Gasteiger partial charge in [-0.2, -0.15) is 0 Å². The smallest absolute Gasteiger partial charge is 0.229 e. The molecule has 0 aliphatic carbocycles. The number of benzene rings is 2. The highest BCUT2D eigenvalue weighted by Crippen LogP contribution is 2.30. The predicted octanol–water partition coefficient (Wildman–Crippen LogP) is 4.67. The highest BCUT2D eigenvalue weighted by molar-refractivity contribution is 6.31. The summed E-state index contributed by atoms with van der Waals surface area (Å²) in [5, 5.41) is 3.51. The van der Waals surface area contributed by atoms with Gasteiger partial charge in [-0.25, -0.2) is 9.97 Å². The zero-order valence-electron chi connectivity index (χ0n) is 18.0. The number of hydrogen-bond donors (Lipinski definition) is 1. The molecule has 0 spiro atoms. The summed E-state index contributed by atoms with van der Waals surface area (Å²) in [6.45, 7) is 1.41. The fraction of sp³-hybridized carbons (Fsp3) is 0.292. The lowest BCUT2D eigenvalue weighted by Gasteiger charge is -2.33. The number of ether oxygens (including phenoxy) is 2. The number of aromatic nitrogens is 2. The van der Waals surface area contributed by atoms with Crippen molar-refractivity contribution in [1.82, 2.24) is 9.97 Å². The van der Waals surface area contributed by atoms with Gasteiger partial charge in [-0.3, -0.25) is 4.79 Å². The normalized spacial score (nSPS) is 15.8. The summed E-state index contributed by atoms with van der Waals surface area (Å²) in [6.07, 6.45) is 3.27. The van der Waals surface area contributed by atoms with Gasteiger partial charge in [0, 0.05) is 29.7 Å². The summed E-state index contributed by atoms with van der Waals surface area (Å²) in [5.74, 6) is 1.95. The molecule has 2 heterocycles. The van der Waals surface area contributed by atoms with Crippen molar-refractivity contribution in [3.63, 3.8) is 0 Å². The van der Waals surface area contributed by atoms with Gasteiger partial charge in [-0.1, -0.05) is 11.6 Å². The molecule has 1 atom stereocenters. The number of piperidine rings is 1. The molecule has 0 radical (unpaired) electrons. The SMILES string of the molecule is COc1ccc(-c2cc(N3CCCC(C(=O)Nc4cc(Cl)ccc4OC)C3)ncn2)cc1. The molecule has 1 aromatic heterocycles. The van der Waals surface area contributed by atoms with Crippen LogP contribution < -0.4 is 19.7 Å². The van der Waals surface area contributed by atoms with Crippen molar-refractivity contribution in [2.24, 2.45) is 5.92 Å². The van der Waals surface area contributed by atoms with E-state index in [2.05, 4.69) is 20.2 Å². The summed E-state index contributed by atoms with van der Waals surface area (Å²) in [7, 11) is 3.21. The van der Waals surface area contributed by atoms with E-state index in [9.17, 15) is 4.79 Å². The molecular weight excluding hydrogens is 428 g/mol. The number of anilines is 2. The molecule has 0 saturated carbocycles. The van der Waals surface area contributed by atoms with Gasteiger partial charge >= 0.3 is 0 Å². The first-order chi connectivity index (χ1) is 15.6. The van der Waals surface area contributed by atoms with Crippen molar-refractivity contribution >= 4 is 29.0 Å². The first-order valence-electron chi connectivity index (χ1n) is 10.4. The van der Waals surface area contributed by atoms with Gasteiger partial charge in [0.25, 0.3) is 0 Å². The molecule has 32 heavy (non-hydrogen) atoms. The fourth-order valence-corrected chi connectivity index (χ4v) is 4.02. The quantitative estimate of drug-likeness (QED) is 0.585. The monoisotopic (exact) mass is 452 g/mol. The van der Waals surface area contributed by atoms with Gasteiger partial charge in [0.1, 0.15) is 23.6 Å². The van der Waals surface area contributed by atoms with Gasteiger partial charge in [0.2, 0.25) is 5.91 Å². The van der Waals surface area contributed by atoms with Gasteiger partial charge in [0.15, 0.2) is 0 Å². The van der Waals surface area contributed by atoms with Crippen molar-refractivity contribution < 1.29 is 14.3 Å². The Kier molecular flexibility index (Phi) is 6.75. The summed E-state index contributed by atoms with van der Waals surface area (Å²) in [4.78, 5) is 24.0. The van der Waals surface area contributed by atoms with Crippen LogP contribution in [0, 0.1) is 5.92 Å². The highest BCUT2D eigenvalue weighted by Gasteiger charge is 2.27. The van der Waals surface area contributed by atoms with Crippen molar-refractivity contribution in [1.29, 1.82) is 0 Å². The molecule has 1 amide bonds. The average Bonchev–Trinajstić information content (AvgIpc) is 2.84. The molecular formula is C24H25ClN4O3. The van der Waals surface area contributed by atoms with Crippen molar-refractivity contribution in [2.45, 2.75) is 12.8 Å². The summed E-state index contributed by atoms with van der Waals surface area (Å²) >= 11 is 6.09. The summed E-state index contributed by atoms with van der Waals surface area (Å²) < 4.78 is 10.6. The lowest BCUT2D eigenvalue weighted by Crippen LogP contribution is -2.41. The van der Waals surface area contributed by atoms with Crippen LogP contribution in [0.3, 0.4) is 0 Å². The molecule has 1 fully saturated rings. The lowest BCUT2D eigenvalue weighted by molar-refractivity contribution is -0.120. The van der Waals surface area contributed by atoms with E-state index in [-0.39, 0.29) is 11.8 Å². The molecule has 1 aliphatic rings. The topological polar surface area (TPSA) is 76.6 Å². The Labute approximate surface area is 192 Å². The summed E-state index contributed by atoms with van der Waals surface area (Å²) in [5.41, 5.74) is 2.38. The largest absolute Gasteiger partial charge is 0.497 e. The number of halogens is 1. The van der Waals surface area contributed by atoms with E-state index in [0.717, 1.165) is 42.2 Å². The number of nitrogens with zero attached hydrogens (tertiary/aromatic N) is 3. The van der Waals surface area contributed by atoms with E-state index >= 15 is 0 Å². The Bertz CT molecular complexity index is 1090. The second-order valence-corrected chi connectivity index (χ2v) is 8.05. The Morgan fingerprint density at radius 2 is 1.91 bits per heavy atom. The maximum atomic E-state index is 13.0. The third kappa shape index (κ3) is 4.94. The Morgan fingerprint density at radius 1 is 1.09 bits per heavy atom. The van der Waals surface area contributed by atoms with Crippen molar-refractivity contribution in [2.75, 3.05) is 37.5 Å². The van der Waals surface area contributed by atoms with E-state index in [1.807, 2.05) is 30.3 Å². The van der Waals surface area contributed by atoms with Crippen LogP contribution in [-0.2, 0) is 4.79 Å². The third-order valence-electron chi connectivity index (χ3n) is 5.57. The van der Waals surface area contributed by atoms with Crippen molar-refractivity contribution in [3.8, 4) is 22.8 Å². The number of rotatable bonds is 6. The number of amides is 1. The van der Waals surface area contributed by atoms with Gasteiger partial charge < -0.3 is 19.7 Å². The Hall–Kier alpha value is -3.32. The second-order valence-electron chi connectivity index (χ2n) is 7.61. The number of carbonyl (C=O) groups excluding carboxylic acids is 1. The second kappa shape index (κ2) is 9.87. The predicted molar refractivity (Wildman–Crippen MR) is 126 cm³/mol. The fourth-order valence-electron chi connectivity index (χ4n) is 3.85. The average molecular weight is 453 g/mol. The van der Waals surface area contributed by atoms with Gasteiger partial charge in [-0.15, -0.1) is 0 Å². The van der Waals surface area contributed by atoms with Crippen molar-refractivity contribution in [3.05, 3.63) is 59.9 Å². The first kappa shape index (κ1) is 21.9. The standard InChI is InChI=1S/C24H25ClN4O3/c1-31-19-8-5-16(6-9-19)20-13-23(27-15-26-20)29-11-3-4-17(14-29)24(30)28-21-12-18(25)7-10-22(21)32-2/h5-10,12-13,15,17H,3-4,11,14H2,1-2H3,(H,28,30). The van der Waals surface area contributed by atoms with Crippen LogP contribution in [0.25, 0.3) is 11.3 Å². The lowest BCUT2D eigenvalue weighted by atomic mass is 9.97. The number of methoxy groups -OCH3 is 2. The minimum Gasteiger partial charge on any atom is -0.497 e. The van der Waals surface area contributed by atoms with E-state index in [1.54, 1.807) is 38.7 Å². The van der Waals surface area contributed by atoms with Crippen LogP contribution in [0.1, 0.15) is 12.8 Å². The maximum absolute atomic E-state index is 13.0. The van der Waals surface area contributed by atoms with Crippen LogP contribution in [0.15, 0.2) is 54.9 Å². The molecule has 0 bridgehead atoms. The molecule has 3 aromatic rings. The zero-order valence-corrected chi connectivity index (χ0v) is 18.8. The van der Waals surface area contributed by atoms with Crippen LogP contribution in [0.2, 0.25) is 5.02 Å². The highest BCUT2D eigenvalue weighted by atomic mass is 35.5. The molecule has 1 unspecified atom stereocenters. The third-order valence-corrected chi connectivity index (χ3v) is 5.81. The first-order valence-corrected chi connectivity index (χ1v) is 10.8. The molecule has 166 valence electrons. The van der Waals surface area contributed by atoms with Crippen LogP contribution >= 0.6 is 11.6 Å². The van der Waals surface area contributed by atoms with Crippen LogP contribution in [0.4, 0.5) is 11.5 Å². The molecule has 1 saturated heterocycles. The zero-order chi connectivity index (χ0) is 22.5. The van der Waals surface area contributed by atoms with E-state index < -0.39 is 0 Å². The number of hydrogen-bond acceptors (Lipinski definition) is 6. The van der Waals surface area contributed by atoms with Gasteiger partial charge in [-0.05, 0) is 55.3 Å². The summed E-state index contributed by atoms with van der Waals surface area (Å²) in [6, 6.07) is 14.9. The minimum absolute atomic E-state index is 0.0558. The molecule has 7 nitrogen and oxygen atoms in total. The minimum atomic E-state index is -0.174. The Morgan fingerprint density at radius 3 is 2.66 bits per heavy atom. The molecule has 4 rings (SSSR count). The van der Waals surface area contributed by atoms with Crippen LogP contribution in [-0.4, -0.2) is 43.2 Å². The molecule has 1 aliphatic heterocycles. The Balaban J connectivity index is 1.48. The van der Waals surface area contributed by atoms with E-state index in [1.165, 1.54) is 0 Å². The van der Waals surface area contributed by atoms with Crippen LogP contribution in [0.5, 0.6) is 11.5 Å². The molecule has 1 N–H and O–H groups in total. The maximum Gasteiger partial charge on any atom is 0.229 e.